The van der Waals surface area contributed by atoms with Gasteiger partial charge in [0.05, 0.1) is 6.54 Å². The van der Waals surface area contributed by atoms with E-state index in [0.29, 0.717) is 0 Å². The van der Waals surface area contributed by atoms with Crippen LogP contribution in [-0.2, 0) is 6.54 Å². The standard InChI is InChI=1S/C13H11ClF2N2O2/c1-7-3-2-4-8(5-7)6-18-11(14)9(13(19)20)10(17-18)12(15)16/h2-5,12H,6H2,1H3,(H,19,20). The van der Waals surface area contributed by atoms with Gasteiger partial charge in [-0.05, 0) is 12.5 Å². The zero-order chi connectivity index (χ0) is 14.9. The quantitative estimate of drug-likeness (QED) is 0.940. The molecule has 0 spiro atoms. The monoisotopic (exact) mass is 300 g/mol. The molecule has 0 amide bonds. The van der Waals surface area contributed by atoms with Gasteiger partial charge in [-0.15, -0.1) is 0 Å². The highest BCUT2D eigenvalue weighted by Crippen LogP contribution is 2.28. The van der Waals surface area contributed by atoms with Crippen molar-refractivity contribution in [2.45, 2.75) is 19.9 Å². The molecule has 1 N–H and O–H groups in total. The summed E-state index contributed by atoms with van der Waals surface area (Å²) < 4.78 is 26.6. The second-order valence-electron chi connectivity index (χ2n) is 4.30. The number of nitrogens with zero attached hydrogens (tertiary/aromatic N) is 2. The SMILES string of the molecule is Cc1cccc(Cn2nc(C(F)F)c(C(=O)O)c2Cl)c1. The van der Waals surface area contributed by atoms with Crippen molar-refractivity contribution in [1.29, 1.82) is 0 Å². The third-order valence-corrected chi connectivity index (χ3v) is 3.14. The number of hydrogen-bond donors (Lipinski definition) is 1. The van der Waals surface area contributed by atoms with Crippen LogP contribution in [0.15, 0.2) is 24.3 Å². The van der Waals surface area contributed by atoms with Crippen molar-refractivity contribution in [3.8, 4) is 0 Å². The molecule has 1 aromatic heterocycles. The van der Waals surface area contributed by atoms with Crippen LogP contribution in [0.1, 0.15) is 33.6 Å². The van der Waals surface area contributed by atoms with E-state index in [-0.39, 0.29) is 11.7 Å². The Morgan fingerprint density at radius 1 is 1.50 bits per heavy atom. The molecule has 20 heavy (non-hydrogen) atoms. The van der Waals surface area contributed by atoms with E-state index in [1.54, 1.807) is 6.07 Å². The predicted octanol–water partition coefficient (Wildman–Crippen LogP) is 3.53. The van der Waals surface area contributed by atoms with Crippen LogP contribution in [0.5, 0.6) is 0 Å². The van der Waals surface area contributed by atoms with Crippen molar-refractivity contribution in [3.05, 3.63) is 51.8 Å². The van der Waals surface area contributed by atoms with Crippen LogP contribution in [0.3, 0.4) is 0 Å². The molecule has 7 heteroatoms. The van der Waals surface area contributed by atoms with Gasteiger partial charge in [-0.3, -0.25) is 0 Å². The van der Waals surface area contributed by atoms with Crippen LogP contribution < -0.4 is 0 Å². The maximum atomic E-state index is 12.8. The van der Waals surface area contributed by atoms with Crippen LogP contribution in [0.2, 0.25) is 5.15 Å². The average molecular weight is 301 g/mol. The van der Waals surface area contributed by atoms with Crippen molar-refractivity contribution in [1.82, 2.24) is 9.78 Å². The molecule has 0 saturated heterocycles. The Hall–Kier alpha value is -1.95. The lowest BCUT2D eigenvalue weighted by molar-refractivity contribution is 0.0684. The Balaban J connectivity index is 2.43. The third-order valence-electron chi connectivity index (χ3n) is 2.75. The summed E-state index contributed by atoms with van der Waals surface area (Å²) in [5.74, 6) is -1.51. The second-order valence-corrected chi connectivity index (χ2v) is 4.66. The first kappa shape index (κ1) is 14.5. The number of benzene rings is 1. The van der Waals surface area contributed by atoms with Gasteiger partial charge in [-0.1, -0.05) is 41.4 Å². The molecular weight excluding hydrogens is 290 g/mol. The molecule has 0 saturated carbocycles. The van der Waals surface area contributed by atoms with E-state index >= 15 is 0 Å². The van der Waals surface area contributed by atoms with Gasteiger partial charge in [-0.25, -0.2) is 18.3 Å². The highest BCUT2D eigenvalue weighted by atomic mass is 35.5. The first-order chi connectivity index (χ1) is 9.40. The third kappa shape index (κ3) is 2.80. The smallest absolute Gasteiger partial charge is 0.341 e. The molecule has 2 aromatic rings. The number of rotatable bonds is 4. The fraction of sp³-hybridized carbons (Fsp3) is 0.231. The lowest BCUT2D eigenvalue weighted by Gasteiger charge is -2.04. The highest BCUT2D eigenvalue weighted by Gasteiger charge is 2.27. The predicted molar refractivity (Wildman–Crippen MR) is 69.4 cm³/mol. The van der Waals surface area contributed by atoms with Gasteiger partial charge in [0.25, 0.3) is 6.43 Å². The summed E-state index contributed by atoms with van der Waals surface area (Å²) in [6.45, 7) is 2.02. The largest absolute Gasteiger partial charge is 0.478 e. The highest BCUT2D eigenvalue weighted by molar-refractivity contribution is 6.32. The fourth-order valence-electron chi connectivity index (χ4n) is 1.90. The van der Waals surface area contributed by atoms with Crippen molar-refractivity contribution >= 4 is 17.6 Å². The van der Waals surface area contributed by atoms with Gasteiger partial charge in [0.2, 0.25) is 0 Å². The van der Waals surface area contributed by atoms with Gasteiger partial charge in [0.1, 0.15) is 16.4 Å². The normalized spacial score (nSPS) is 11.1. The molecule has 0 atom stereocenters. The molecule has 0 unspecified atom stereocenters. The van der Waals surface area contributed by atoms with Crippen molar-refractivity contribution in [3.63, 3.8) is 0 Å². The molecule has 1 heterocycles. The fourth-order valence-corrected chi connectivity index (χ4v) is 2.17. The molecular formula is C13H11ClF2N2O2. The minimum atomic E-state index is -2.99. The molecule has 2 rings (SSSR count). The van der Waals surface area contributed by atoms with E-state index in [1.807, 2.05) is 25.1 Å². The maximum absolute atomic E-state index is 12.8. The summed E-state index contributed by atoms with van der Waals surface area (Å²) in [5, 5.41) is 12.3. The number of carboxylic acid groups (broad SMARTS) is 1. The van der Waals surface area contributed by atoms with E-state index in [0.717, 1.165) is 15.8 Å². The minimum absolute atomic E-state index is 0.132. The number of hydrogen-bond acceptors (Lipinski definition) is 2. The second kappa shape index (κ2) is 5.58. The van der Waals surface area contributed by atoms with Gasteiger partial charge >= 0.3 is 5.97 Å². The first-order valence-electron chi connectivity index (χ1n) is 5.73. The molecule has 0 aliphatic heterocycles. The Labute approximate surface area is 118 Å². The van der Waals surface area contributed by atoms with E-state index < -0.39 is 23.7 Å². The number of halogens is 3. The van der Waals surface area contributed by atoms with Crippen LogP contribution in [0.25, 0.3) is 0 Å². The molecule has 0 aliphatic carbocycles. The van der Waals surface area contributed by atoms with Crippen molar-refractivity contribution in [2.24, 2.45) is 0 Å². The van der Waals surface area contributed by atoms with Gasteiger partial charge < -0.3 is 5.11 Å². The van der Waals surface area contributed by atoms with Crippen molar-refractivity contribution < 1.29 is 18.7 Å². The lowest BCUT2D eigenvalue weighted by atomic mass is 10.1. The minimum Gasteiger partial charge on any atom is -0.478 e. The zero-order valence-electron chi connectivity index (χ0n) is 10.5. The first-order valence-corrected chi connectivity index (χ1v) is 6.11. The summed E-state index contributed by atoms with van der Waals surface area (Å²) in [5.41, 5.74) is 0.343. The molecule has 0 radical (unpaired) electrons. The Morgan fingerprint density at radius 3 is 2.70 bits per heavy atom. The van der Waals surface area contributed by atoms with E-state index in [9.17, 15) is 13.6 Å². The van der Waals surface area contributed by atoms with Gasteiger partial charge in [0, 0.05) is 0 Å². The molecule has 106 valence electrons. The van der Waals surface area contributed by atoms with Crippen LogP contribution in [-0.4, -0.2) is 20.9 Å². The Kier molecular flexibility index (Phi) is 4.04. The summed E-state index contributed by atoms with van der Waals surface area (Å²) in [6.07, 6.45) is -2.99. The van der Waals surface area contributed by atoms with Crippen LogP contribution >= 0.6 is 11.6 Å². The number of carboxylic acids is 1. The number of carbonyl (C=O) groups is 1. The number of aromatic carboxylic acids is 1. The number of alkyl halides is 2. The lowest BCUT2D eigenvalue weighted by Crippen LogP contribution is -2.03. The van der Waals surface area contributed by atoms with Crippen LogP contribution in [0.4, 0.5) is 8.78 Å². The molecule has 0 bridgehead atoms. The summed E-state index contributed by atoms with van der Waals surface area (Å²) in [4.78, 5) is 11.0. The van der Waals surface area contributed by atoms with E-state index in [1.165, 1.54) is 0 Å². The molecule has 4 nitrogen and oxygen atoms in total. The summed E-state index contributed by atoms with van der Waals surface area (Å²) >= 11 is 5.84. The van der Waals surface area contributed by atoms with E-state index in [2.05, 4.69) is 5.10 Å². The average Bonchev–Trinajstić information content (AvgIpc) is 2.67. The maximum Gasteiger partial charge on any atom is 0.341 e. The van der Waals surface area contributed by atoms with Gasteiger partial charge in [0.15, 0.2) is 0 Å². The molecule has 0 fully saturated rings. The van der Waals surface area contributed by atoms with Crippen LogP contribution in [0, 0.1) is 6.92 Å². The topological polar surface area (TPSA) is 55.1 Å². The Bertz CT molecular complexity index is 656. The number of aromatic nitrogens is 2. The van der Waals surface area contributed by atoms with Gasteiger partial charge in [-0.2, -0.15) is 5.10 Å². The Morgan fingerprint density at radius 2 is 2.20 bits per heavy atom. The number of aryl methyl sites for hydroxylation is 1. The summed E-state index contributed by atoms with van der Waals surface area (Å²) in [7, 11) is 0. The van der Waals surface area contributed by atoms with E-state index in [4.69, 9.17) is 16.7 Å². The molecule has 1 aromatic carbocycles. The van der Waals surface area contributed by atoms with Crippen molar-refractivity contribution in [2.75, 3.05) is 0 Å². The summed E-state index contributed by atoms with van der Waals surface area (Å²) in [6, 6.07) is 7.34. The molecule has 0 aliphatic rings. The zero-order valence-corrected chi connectivity index (χ0v) is 11.2.